The average molecular weight is 114 g/mol. The molecule has 1 aliphatic rings. The van der Waals surface area contributed by atoms with E-state index in [1.807, 2.05) is 6.92 Å². The Hall–Kier alpha value is -0.570. The molecule has 1 aliphatic heterocycles. The van der Waals surface area contributed by atoms with Crippen LogP contribution in [0.2, 0.25) is 0 Å². The monoisotopic (exact) mass is 114 g/mol. The summed E-state index contributed by atoms with van der Waals surface area (Å²) in [7, 11) is 1.76. The third-order valence-electron chi connectivity index (χ3n) is 1.20. The highest BCUT2D eigenvalue weighted by Crippen LogP contribution is 2.11. The summed E-state index contributed by atoms with van der Waals surface area (Å²) >= 11 is 0. The summed E-state index contributed by atoms with van der Waals surface area (Å²) in [6.07, 6.45) is 0.948. The molecule has 0 aromatic carbocycles. The van der Waals surface area contributed by atoms with E-state index < -0.39 is 0 Å². The largest absolute Gasteiger partial charge is 0.287 e. The van der Waals surface area contributed by atoms with Crippen molar-refractivity contribution in [2.75, 3.05) is 7.05 Å². The van der Waals surface area contributed by atoms with Crippen molar-refractivity contribution in [3.63, 3.8) is 0 Å². The maximum atomic E-state index is 7.19. The molecular weight excluding hydrogens is 104 g/mol. The molecule has 3 nitrogen and oxygen atoms in total. The van der Waals surface area contributed by atoms with Crippen LogP contribution in [0.3, 0.4) is 0 Å². The summed E-state index contributed by atoms with van der Waals surface area (Å²) in [4.78, 5) is 5.08. The van der Waals surface area contributed by atoms with Gasteiger partial charge < -0.3 is 0 Å². The molecule has 0 saturated carbocycles. The van der Waals surface area contributed by atoms with Crippen LogP contribution in [0.15, 0.2) is 0 Å². The first kappa shape index (κ1) is 5.56. The Morgan fingerprint density at radius 1 is 1.88 bits per heavy atom. The molecule has 0 aromatic heterocycles. The first-order valence-corrected chi connectivity index (χ1v) is 2.68. The predicted molar refractivity (Wildman–Crippen MR) is 30.7 cm³/mol. The molecule has 0 radical (unpaired) electrons. The number of hydrogen-bond donors (Lipinski definition) is 1. The Morgan fingerprint density at radius 2 is 2.50 bits per heavy atom. The summed E-state index contributed by atoms with van der Waals surface area (Å²) in [5.41, 5.74) is 0. The lowest BCUT2D eigenvalue weighted by atomic mass is 10.3. The highest BCUT2D eigenvalue weighted by Gasteiger charge is 2.20. The van der Waals surface area contributed by atoms with Gasteiger partial charge in [-0.05, 0) is 6.92 Å². The number of hydrogen-bond acceptors (Lipinski definition) is 2. The quantitative estimate of drug-likeness (QED) is 0.501. The standard InChI is InChI=1S/C5H10N2O/c1-4-3-5(6)7(2)8-4/h4,6H,3H2,1-2H3. The molecule has 0 amide bonds. The molecule has 0 aromatic rings. The molecule has 0 spiro atoms. The fraction of sp³-hybridized carbons (Fsp3) is 0.800. The minimum atomic E-state index is 0.201. The second-order valence-corrected chi connectivity index (χ2v) is 2.06. The predicted octanol–water partition coefficient (Wildman–Crippen LogP) is 0.619. The summed E-state index contributed by atoms with van der Waals surface area (Å²) in [5.74, 6) is 0.567. The fourth-order valence-corrected chi connectivity index (χ4v) is 0.772. The molecule has 1 fully saturated rings. The molecule has 1 atom stereocenters. The van der Waals surface area contributed by atoms with E-state index in [2.05, 4.69) is 0 Å². The average Bonchev–Trinajstić information content (AvgIpc) is 1.85. The van der Waals surface area contributed by atoms with Crippen molar-refractivity contribution in [1.82, 2.24) is 5.06 Å². The third-order valence-corrected chi connectivity index (χ3v) is 1.20. The maximum absolute atomic E-state index is 7.19. The first-order valence-electron chi connectivity index (χ1n) is 2.68. The lowest BCUT2D eigenvalue weighted by molar-refractivity contribution is -0.0893. The highest BCUT2D eigenvalue weighted by atomic mass is 16.7. The Morgan fingerprint density at radius 3 is 2.62 bits per heavy atom. The van der Waals surface area contributed by atoms with E-state index in [4.69, 9.17) is 10.2 Å². The van der Waals surface area contributed by atoms with Crippen molar-refractivity contribution in [3.8, 4) is 0 Å². The summed E-state index contributed by atoms with van der Waals surface area (Å²) in [6.45, 7) is 1.96. The third kappa shape index (κ3) is 0.816. The van der Waals surface area contributed by atoms with E-state index in [1.165, 1.54) is 5.06 Å². The van der Waals surface area contributed by atoms with Gasteiger partial charge in [-0.1, -0.05) is 0 Å². The van der Waals surface area contributed by atoms with Gasteiger partial charge in [-0.2, -0.15) is 0 Å². The molecule has 3 heteroatoms. The molecule has 1 N–H and O–H groups in total. The van der Waals surface area contributed by atoms with Gasteiger partial charge in [-0.25, -0.2) is 5.06 Å². The second-order valence-electron chi connectivity index (χ2n) is 2.06. The summed E-state index contributed by atoms with van der Waals surface area (Å²) in [6, 6.07) is 0. The highest BCUT2D eigenvalue weighted by molar-refractivity contribution is 5.79. The molecule has 1 heterocycles. The van der Waals surface area contributed by atoms with Crippen molar-refractivity contribution in [2.45, 2.75) is 19.4 Å². The van der Waals surface area contributed by atoms with Gasteiger partial charge in [0.2, 0.25) is 0 Å². The number of nitrogens with zero attached hydrogens (tertiary/aromatic N) is 1. The Bertz CT molecular complexity index is 113. The van der Waals surface area contributed by atoms with Crippen LogP contribution in [0.5, 0.6) is 0 Å². The Labute approximate surface area is 48.7 Å². The van der Waals surface area contributed by atoms with Crippen molar-refractivity contribution in [3.05, 3.63) is 0 Å². The number of hydroxylamine groups is 2. The van der Waals surface area contributed by atoms with Crippen LogP contribution in [-0.2, 0) is 4.84 Å². The molecule has 0 bridgehead atoms. The summed E-state index contributed by atoms with van der Waals surface area (Å²) < 4.78 is 0. The van der Waals surface area contributed by atoms with Crippen LogP contribution in [0.25, 0.3) is 0 Å². The van der Waals surface area contributed by atoms with Crippen molar-refractivity contribution < 1.29 is 4.84 Å². The summed E-state index contributed by atoms with van der Waals surface area (Å²) in [5, 5.41) is 8.69. The minimum absolute atomic E-state index is 0.201. The van der Waals surface area contributed by atoms with Crippen LogP contribution in [-0.4, -0.2) is 24.1 Å². The topological polar surface area (TPSA) is 36.3 Å². The van der Waals surface area contributed by atoms with E-state index in [1.54, 1.807) is 7.05 Å². The molecule has 1 saturated heterocycles. The van der Waals surface area contributed by atoms with E-state index >= 15 is 0 Å². The smallest absolute Gasteiger partial charge is 0.123 e. The first-order chi connectivity index (χ1) is 3.70. The van der Waals surface area contributed by atoms with Crippen LogP contribution in [0.4, 0.5) is 0 Å². The van der Waals surface area contributed by atoms with Crippen molar-refractivity contribution in [2.24, 2.45) is 0 Å². The maximum Gasteiger partial charge on any atom is 0.123 e. The van der Waals surface area contributed by atoms with Gasteiger partial charge >= 0.3 is 0 Å². The Kier molecular flexibility index (Phi) is 1.21. The molecular formula is C5H10N2O. The van der Waals surface area contributed by atoms with E-state index in [0.717, 1.165) is 6.42 Å². The van der Waals surface area contributed by atoms with Crippen LogP contribution >= 0.6 is 0 Å². The van der Waals surface area contributed by atoms with Crippen LogP contribution < -0.4 is 0 Å². The van der Waals surface area contributed by atoms with E-state index in [9.17, 15) is 0 Å². The SMILES string of the molecule is CC1CC(=N)N(C)O1. The lowest BCUT2D eigenvalue weighted by Gasteiger charge is -2.07. The van der Waals surface area contributed by atoms with Gasteiger partial charge in [0.05, 0.1) is 6.10 Å². The van der Waals surface area contributed by atoms with Gasteiger partial charge in [0.25, 0.3) is 0 Å². The van der Waals surface area contributed by atoms with Crippen molar-refractivity contribution >= 4 is 5.84 Å². The zero-order valence-electron chi connectivity index (χ0n) is 5.14. The zero-order chi connectivity index (χ0) is 6.15. The van der Waals surface area contributed by atoms with Gasteiger partial charge in [0.1, 0.15) is 5.84 Å². The van der Waals surface area contributed by atoms with Crippen molar-refractivity contribution in [1.29, 1.82) is 5.41 Å². The zero-order valence-corrected chi connectivity index (χ0v) is 5.14. The second kappa shape index (κ2) is 1.74. The molecule has 1 unspecified atom stereocenters. The number of amidine groups is 1. The molecule has 0 aliphatic carbocycles. The van der Waals surface area contributed by atoms with Gasteiger partial charge in [0.15, 0.2) is 0 Å². The van der Waals surface area contributed by atoms with Gasteiger partial charge in [-0.3, -0.25) is 10.2 Å². The Balaban J connectivity index is 2.51. The van der Waals surface area contributed by atoms with Gasteiger partial charge in [-0.15, -0.1) is 0 Å². The fourth-order valence-electron chi connectivity index (χ4n) is 0.772. The van der Waals surface area contributed by atoms with Gasteiger partial charge in [0, 0.05) is 13.5 Å². The minimum Gasteiger partial charge on any atom is -0.287 e. The number of nitrogens with one attached hydrogen (secondary N) is 1. The van der Waals surface area contributed by atoms with Crippen LogP contribution in [0.1, 0.15) is 13.3 Å². The van der Waals surface area contributed by atoms with Crippen LogP contribution in [0, 0.1) is 5.41 Å². The van der Waals surface area contributed by atoms with E-state index in [0.29, 0.717) is 5.84 Å². The molecule has 46 valence electrons. The van der Waals surface area contributed by atoms with E-state index in [-0.39, 0.29) is 6.10 Å². The molecule has 8 heavy (non-hydrogen) atoms. The number of rotatable bonds is 0. The lowest BCUT2D eigenvalue weighted by Crippen LogP contribution is -2.16. The normalized spacial score (nSPS) is 29.5. The molecule has 1 rings (SSSR count).